The van der Waals surface area contributed by atoms with E-state index in [1.54, 1.807) is 12.1 Å². The molecule has 3 N–H and O–H groups in total. The molecule has 1 heterocycles. The van der Waals surface area contributed by atoms with E-state index in [9.17, 15) is 14.9 Å². The molecule has 0 atom stereocenters. The lowest BCUT2D eigenvalue weighted by molar-refractivity contribution is 0.0593. The molecule has 0 saturated carbocycles. The molecule has 130 valence electrons. The average molecular weight is 361 g/mol. The molecule has 25 heavy (non-hydrogen) atoms. The van der Waals surface area contributed by atoms with Crippen molar-refractivity contribution < 1.29 is 14.3 Å². The number of nitriles is 1. The van der Waals surface area contributed by atoms with Gasteiger partial charge in [-0.05, 0) is 24.6 Å². The fourth-order valence-electron chi connectivity index (χ4n) is 2.28. The van der Waals surface area contributed by atoms with Crippen LogP contribution in [0.2, 0.25) is 5.02 Å². The van der Waals surface area contributed by atoms with Gasteiger partial charge in [0.25, 0.3) is 5.91 Å². The second-order valence-corrected chi connectivity index (χ2v) is 5.61. The Hall–Kier alpha value is -2.98. The number of halogens is 1. The van der Waals surface area contributed by atoms with Crippen LogP contribution >= 0.6 is 11.6 Å². The number of amides is 1. The zero-order valence-corrected chi connectivity index (χ0v) is 14.6. The van der Waals surface area contributed by atoms with Crippen molar-refractivity contribution >= 4 is 29.2 Å². The summed E-state index contributed by atoms with van der Waals surface area (Å²) in [6, 6.07) is 6.56. The quantitative estimate of drug-likeness (QED) is 0.796. The van der Waals surface area contributed by atoms with Gasteiger partial charge in [0.05, 0.1) is 29.1 Å². The molecule has 2 rings (SSSR count). The topological polar surface area (TPSA) is 110 Å². The predicted molar refractivity (Wildman–Crippen MR) is 93.9 cm³/mol. The van der Waals surface area contributed by atoms with Crippen molar-refractivity contribution in [2.45, 2.75) is 13.3 Å². The number of carbonyl (C=O) groups excluding carboxylic acids is 2. The van der Waals surface area contributed by atoms with Gasteiger partial charge in [0.1, 0.15) is 6.07 Å². The molecule has 1 aromatic heterocycles. The van der Waals surface area contributed by atoms with Crippen LogP contribution in [0.15, 0.2) is 24.4 Å². The van der Waals surface area contributed by atoms with Crippen LogP contribution in [-0.4, -0.2) is 30.1 Å². The molecule has 0 unspecified atom stereocenters. The van der Waals surface area contributed by atoms with Crippen LogP contribution in [0.25, 0.3) is 5.69 Å². The minimum absolute atomic E-state index is 0.00810. The average Bonchev–Trinajstić information content (AvgIpc) is 2.95. The van der Waals surface area contributed by atoms with E-state index in [-0.39, 0.29) is 27.9 Å². The highest BCUT2D eigenvalue weighted by Crippen LogP contribution is 2.29. The number of nitrogen functional groups attached to an aromatic ring is 1. The first-order valence-corrected chi connectivity index (χ1v) is 7.89. The number of esters is 1. The Labute approximate surface area is 149 Å². The molecular formula is C17H17ClN4O3. The normalized spacial score (nSPS) is 10.2. The molecule has 0 aliphatic carbocycles. The predicted octanol–water partition coefficient (Wildman–Crippen LogP) is 2.51. The molecule has 0 bridgehead atoms. The van der Waals surface area contributed by atoms with Crippen molar-refractivity contribution in [3.8, 4) is 11.8 Å². The van der Waals surface area contributed by atoms with Gasteiger partial charge in [-0.25, -0.2) is 4.79 Å². The summed E-state index contributed by atoms with van der Waals surface area (Å²) < 4.78 is 6.10. The summed E-state index contributed by atoms with van der Waals surface area (Å²) in [5.41, 5.74) is 6.67. The van der Waals surface area contributed by atoms with Gasteiger partial charge in [-0.15, -0.1) is 0 Å². The molecule has 1 aromatic carbocycles. The Balaban J connectivity index is 2.60. The third-order valence-corrected chi connectivity index (χ3v) is 3.87. The van der Waals surface area contributed by atoms with Gasteiger partial charge in [0.15, 0.2) is 5.69 Å². The van der Waals surface area contributed by atoms with Crippen LogP contribution in [0.4, 0.5) is 5.69 Å². The first-order chi connectivity index (χ1) is 11.9. The zero-order chi connectivity index (χ0) is 18.6. The van der Waals surface area contributed by atoms with Gasteiger partial charge >= 0.3 is 5.97 Å². The molecule has 0 radical (unpaired) electrons. The Kier molecular flexibility index (Phi) is 5.67. The summed E-state index contributed by atoms with van der Waals surface area (Å²) in [6.07, 6.45) is 2.19. The number of hydrogen-bond acceptors (Lipinski definition) is 5. The van der Waals surface area contributed by atoms with E-state index in [1.165, 1.54) is 23.9 Å². The van der Waals surface area contributed by atoms with E-state index in [0.717, 1.165) is 6.42 Å². The molecule has 0 aliphatic rings. The number of nitrogens with zero attached hydrogens (tertiary/aromatic N) is 2. The molecular weight excluding hydrogens is 344 g/mol. The molecule has 0 spiro atoms. The zero-order valence-electron chi connectivity index (χ0n) is 13.8. The first kappa shape index (κ1) is 18.4. The Morgan fingerprint density at radius 3 is 2.76 bits per heavy atom. The summed E-state index contributed by atoms with van der Waals surface area (Å²) >= 11 is 6.24. The van der Waals surface area contributed by atoms with E-state index in [1.807, 2.05) is 13.0 Å². The van der Waals surface area contributed by atoms with Crippen LogP contribution in [0.3, 0.4) is 0 Å². The van der Waals surface area contributed by atoms with Crippen LogP contribution in [0, 0.1) is 11.3 Å². The van der Waals surface area contributed by atoms with Crippen molar-refractivity contribution in [2.24, 2.45) is 0 Å². The fraction of sp³-hybridized carbons (Fsp3) is 0.235. The number of benzene rings is 1. The lowest BCUT2D eigenvalue weighted by atomic mass is 10.1. The molecule has 2 aromatic rings. The largest absolute Gasteiger partial charge is 0.464 e. The second kappa shape index (κ2) is 7.73. The van der Waals surface area contributed by atoms with Gasteiger partial charge in [-0.1, -0.05) is 18.5 Å². The first-order valence-electron chi connectivity index (χ1n) is 7.51. The molecule has 0 aliphatic heterocycles. The van der Waals surface area contributed by atoms with Crippen LogP contribution in [0.1, 0.15) is 39.8 Å². The molecule has 1 amide bonds. The van der Waals surface area contributed by atoms with Crippen molar-refractivity contribution in [2.75, 3.05) is 19.4 Å². The number of hydrogen-bond donors (Lipinski definition) is 2. The van der Waals surface area contributed by atoms with E-state index >= 15 is 0 Å². The van der Waals surface area contributed by atoms with E-state index in [4.69, 9.17) is 22.1 Å². The summed E-state index contributed by atoms with van der Waals surface area (Å²) in [7, 11) is 1.21. The third kappa shape index (κ3) is 3.59. The summed E-state index contributed by atoms with van der Waals surface area (Å²) in [4.78, 5) is 24.2. The second-order valence-electron chi connectivity index (χ2n) is 5.20. The van der Waals surface area contributed by atoms with Crippen molar-refractivity contribution in [1.82, 2.24) is 9.88 Å². The Morgan fingerprint density at radius 1 is 1.44 bits per heavy atom. The number of aromatic nitrogens is 1. The summed E-state index contributed by atoms with van der Waals surface area (Å²) in [6.45, 7) is 2.49. The van der Waals surface area contributed by atoms with Crippen LogP contribution in [0.5, 0.6) is 0 Å². The SMILES string of the molecule is CCCNC(=O)c1ccc(Cl)c(-n2cc(C#N)c(N)c2C(=O)OC)c1. The smallest absolute Gasteiger partial charge is 0.357 e. The molecule has 7 nitrogen and oxygen atoms in total. The minimum atomic E-state index is -0.712. The summed E-state index contributed by atoms with van der Waals surface area (Å²) in [5, 5.41) is 12.2. The Bertz CT molecular complexity index is 868. The van der Waals surface area contributed by atoms with Gasteiger partial charge in [-0.3, -0.25) is 4.79 Å². The lowest BCUT2D eigenvalue weighted by Crippen LogP contribution is -2.24. The lowest BCUT2D eigenvalue weighted by Gasteiger charge is -2.12. The number of nitrogens with one attached hydrogen (secondary N) is 1. The summed E-state index contributed by atoms with van der Waals surface area (Å²) in [5.74, 6) is -0.976. The molecule has 0 saturated heterocycles. The van der Waals surface area contributed by atoms with E-state index < -0.39 is 5.97 Å². The standard InChI is InChI=1S/C17H17ClN4O3/c1-3-6-21-16(23)10-4-5-12(18)13(7-10)22-9-11(8-19)14(20)15(22)17(24)25-2/h4-5,7,9H,3,6,20H2,1-2H3,(H,21,23). The number of ether oxygens (including phenoxy) is 1. The maximum Gasteiger partial charge on any atom is 0.357 e. The minimum Gasteiger partial charge on any atom is -0.464 e. The number of rotatable bonds is 5. The van der Waals surface area contributed by atoms with Gasteiger partial charge in [0.2, 0.25) is 0 Å². The van der Waals surface area contributed by atoms with Crippen molar-refractivity contribution in [1.29, 1.82) is 5.26 Å². The highest BCUT2D eigenvalue weighted by molar-refractivity contribution is 6.32. The third-order valence-electron chi connectivity index (χ3n) is 3.55. The highest BCUT2D eigenvalue weighted by Gasteiger charge is 2.23. The van der Waals surface area contributed by atoms with Gasteiger partial charge < -0.3 is 20.4 Å². The molecule has 8 heteroatoms. The van der Waals surface area contributed by atoms with Crippen LogP contribution in [-0.2, 0) is 4.74 Å². The molecule has 0 fully saturated rings. The van der Waals surface area contributed by atoms with E-state index in [2.05, 4.69) is 5.32 Å². The Morgan fingerprint density at radius 2 is 2.16 bits per heavy atom. The fourth-order valence-corrected chi connectivity index (χ4v) is 2.49. The highest BCUT2D eigenvalue weighted by atomic mass is 35.5. The number of anilines is 1. The van der Waals surface area contributed by atoms with Gasteiger partial charge in [-0.2, -0.15) is 5.26 Å². The maximum absolute atomic E-state index is 12.2. The van der Waals surface area contributed by atoms with Crippen LogP contribution < -0.4 is 11.1 Å². The number of nitrogens with two attached hydrogens (primary N) is 1. The van der Waals surface area contributed by atoms with Crippen molar-refractivity contribution in [3.05, 3.63) is 46.2 Å². The number of carbonyl (C=O) groups is 2. The van der Waals surface area contributed by atoms with Crippen molar-refractivity contribution in [3.63, 3.8) is 0 Å². The monoisotopic (exact) mass is 360 g/mol. The maximum atomic E-state index is 12.2. The number of methoxy groups -OCH3 is 1. The van der Waals surface area contributed by atoms with Gasteiger partial charge in [0, 0.05) is 18.3 Å². The van der Waals surface area contributed by atoms with E-state index in [0.29, 0.717) is 17.8 Å².